The first-order valence-corrected chi connectivity index (χ1v) is 7.19. The first kappa shape index (κ1) is 16.7. The summed E-state index contributed by atoms with van der Waals surface area (Å²) in [7, 11) is 0. The number of rotatable bonds is 3. The quantitative estimate of drug-likeness (QED) is 0.656. The van der Waals surface area contributed by atoms with Gasteiger partial charge in [-0.25, -0.2) is 4.79 Å². The summed E-state index contributed by atoms with van der Waals surface area (Å²) in [4.78, 5) is 35.4. The molecule has 1 saturated heterocycles. The van der Waals surface area contributed by atoms with Gasteiger partial charge in [0.2, 0.25) is 0 Å². The summed E-state index contributed by atoms with van der Waals surface area (Å²) in [6.45, 7) is 5.39. The van der Waals surface area contributed by atoms with Crippen molar-refractivity contribution in [3.63, 3.8) is 0 Å². The molecule has 8 heteroatoms. The molecule has 8 nitrogen and oxygen atoms in total. The van der Waals surface area contributed by atoms with E-state index in [4.69, 9.17) is 0 Å². The molecule has 1 aromatic carbocycles. The topological polar surface area (TPSA) is 113 Å². The number of nitrogens with one attached hydrogen (secondary N) is 1. The van der Waals surface area contributed by atoms with Gasteiger partial charge in [0.15, 0.2) is 0 Å². The molecule has 1 unspecified atom stereocenters. The SMILES string of the molecule is Cc1cc([N+](=O)[O-])c(C)cc1NC(=O)N1CCC(C)(C(=O)O)C1. The number of nitro benzene ring substituents is 1. The molecule has 1 fully saturated rings. The smallest absolute Gasteiger partial charge is 0.321 e. The minimum atomic E-state index is -0.933. The fourth-order valence-electron chi connectivity index (χ4n) is 2.64. The van der Waals surface area contributed by atoms with Crippen LogP contribution in [0.1, 0.15) is 24.5 Å². The zero-order chi connectivity index (χ0) is 17.4. The Morgan fingerprint density at radius 1 is 1.35 bits per heavy atom. The molecule has 23 heavy (non-hydrogen) atoms. The van der Waals surface area contributed by atoms with Crippen LogP contribution in [0.5, 0.6) is 0 Å². The lowest BCUT2D eigenvalue weighted by molar-refractivity contribution is -0.385. The molecule has 0 saturated carbocycles. The third kappa shape index (κ3) is 3.25. The van der Waals surface area contributed by atoms with Crippen molar-refractivity contribution >= 4 is 23.4 Å². The normalized spacial score (nSPS) is 20.4. The van der Waals surface area contributed by atoms with Gasteiger partial charge in [-0.05, 0) is 38.8 Å². The number of carbonyl (C=O) groups is 2. The van der Waals surface area contributed by atoms with Gasteiger partial charge in [0.25, 0.3) is 5.69 Å². The first-order chi connectivity index (χ1) is 10.6. The Balaban J connectivity index is 2.14. The summed E-state index contributed by atoms with van der Waals surface area (Å²) in [5.41, 5.74) is 0.586. The minimum absolute atomic E-state index is 0.000115. The Kier molecular flexibility index (Phi) is 4.26. The van der Waals surface area contributed by atoms with Crippen molar-refractivity contribution in [1.82, 2.24) is 4.90 Å². The third-order valence-electron chi connectivity index (χ3n) is 4.26. The van der Waals surface area contributed by atoms with Gasteiger partial charge in [0.1, 0.15) is 0 Å². The standard InChI is InChI=1S/C15H19N3O5/c1-9-7-12(18(22)23)10(2)6-11(9)16-14(21)17-5-4-15(3,8-17)13(19)20/h6-7H,4-5,8H2,1-3H3,(H,16,21)(H,19,20). The zero-order valence-electron chi connectivity index (χ0n) is 13.3. The largest absolute Gasteiger partial charge is 0.481 e. The van der Waals surface area contributed by atoms with E-state index in [0.717, 1.165) is 0 Å². The van der Waals surface area contributed by atoms with Crippen LogP contribution >= 0.6 is 0 Å². The number of aliphatic carboxylic acids is 1. The number of carboxylic acids is 1. The number of likely N-dealkylation sites (tertiary alicyclic amines) is 1. The average Bonchev–Trinajstić information content (AvgIpc) is 2.86. The second-order valence-corrected chi connectivity index (χ2v) is 6.18. The molecular weight excluding hydrogens is 302 g/mol. The molecule has 1 atom stereocenters. The Bertz CT molecular complexity index is 688. The van der Waals surface area contributed by atoms with Crippen LogP contribution in [0.3, 0.4) is 0 Å². The van der Waals surface area contributed by atoms with Gasteiger partial charge < -0.3 is 15.3 Å². The summed E-state index contributed by atoms with van der Waals surface area (Å²) >= 11 is 0. The van der Waals surface area contributed by atoms with Crippen LogP contribution in [0.4, 0.5) is 16.2 Å². The number of carboxylic acid groups (broad SMARTS) is 1. The van der Waals surface area contributed by atoms with Gasteiger partial charge in [0.05, 0.1) is 10.3 Å². The number of nitro groups is 1. The summed E-state index contributed by atoms with van der Waals surface area (Å²) in [6.07, 6.45) is 0.397. The van der Waals surface area contributed by atoms with Crippen molar-refractivity contribution in [3.8, 4) is 0 Å². The third-order valence-corrected chi connectivity index (χ3v) is 4.26. The van der Waals surface area contributed by atoms with Crippen molar-refractivity contribution in [1.29, 1.82) is 0 Å². The summed E-state index contributed by atoms with van der Waals surface area (Å²) in [6, 6.07) is 2.57. The van der Waals surface area contributed by atoms with E-state index < -0.39 is 22.3 Å². The first-order valence-electron chi connectivity index (χ1n) is 7.19. The van der Waals surface area contributed by atoms with Crippen LogP contribution in [0.25, 0.3) is 0 Å². The molecule has 2 N–H and O–H groups in total. The molecule has 2 amide bonds. The summed E-state index contributed by atoms with van der Waals surface area (Å²) in [5, 5.41) is 22.8. The summed E-state index contributed by atoms with van der Waals surface area (Å²) in [5.74, 6) is -0.921. The van der Waals surface area contributed by atoms with E-state index in [9.17, 15) is 24.8 Å². The van der Waals surface area contributed by atoms with Crippen LogP contribution in [0, 0.1) is 29.4 Å². The maximum atomic E-state index is 12.3. The van der Waals surface area contributed by atoms with Gasteiger partial charge in [-0.3, -0.25) is 14.9 Å². The number of amides is 2. The lowest BCUT2D eigenvalue weighted by Crippen LogP contribution is -2.37. The monoisotopic (exact) mass is 321 g/mol. The number of carbonyl (C=O) groups excluding carboxylic acids is 1. The highest BCUT2D eigenvalue weighted by molar-refractivity contribution is 5.91. The Labute approximate surface area is 133 Å². The Morgan fingerprint density at radius 2 is 2.00 bits per heavy atom. The number of benzene rings is 1. The van der Waals surface area contributed by atoms with Crippen molar-refractivity contribution in [2.24, 2.45) is 5.41 Å². The maximum absolute atomic E-state index is 12.3. The van der Waals surface area contributed by atoms with Crippen molar-refractivity contribution in [2.75, 3.05) is 18.4 Å². The highest BCUT2D eigenvalue weighted by atomic mass is 16.6. The van der Waals surface area contributed by atoms with Crippen molar-refractivity contribution < 1.29 is 19.6 Å². The number of hydrogen-bond acceptors (Lipinski definition) is 4. The number of aryl methyl sites for hydroxylation is 2. The lowest BCUT2D eigenvalue weighted by Gasteiger charge is -2.21. The molecular formula is C15H19N3O5. The van der Waals surface area contributed by atoms with Gasteiger partial charge in [-0.2, -0.15) is 0 Å². The van der Waals surface area contributed by atoms with Gasteiger partial charge in [-0.15, -0.1) is 0 Å². The second kappa shape index (κ2) is 5.86. The van der Waals surface area contributed by atoms with E-state index >= 15 is 0 Å². The molecule has 1 aliphatic rings. The highest BCUT2D eigenvalue weighted by Gasteiger charge is 2.42. The van der Waals surface area contributed by atoms with Crippen LogP contribution in [-0.4, -0.2) is 40.0 Å². The highest BCUT2D eigenvalue weighted by Crippen LogP contribution is 2.31. The van der Waals surface area contributed by atoms with Crippen molar-refractivity contribution in [2.45, 2.75) is 27.2 Å². The van der Waals surface area contributed by atoms with Gasteiger partial charge in [-0.1, -0.05) is 0 Å². The van der Waals surface area contributed by atoms with E-state index in [0.29, 0.717) is 29.8 Å². The summed E-state index contributed by atoms with van der Waals surface area (Å²) < 4.78 is 0. The molecule has 1 heterocycles. The molecule has 124 valence electrons. The Hall–Kier alpha value is -2.64. The molecule has 0 aromatic heterocycles. The van der Waals surface area contributed by atoms with Crippen LogP contribution in [-0.2, 0) is 4.79 Å². The number of anilines is 1. The molecule has 1 aromatic rings. The average molecular weight is 321 g/mol. The van der Waals surface area contributed by atoms with E-state index in [1.807, 2.05) is 0 Å². The molecule has 1 aliphatic heterocycles. The zero-order valence-corrected chi connectivity index (χ0v) is 13.3. The molecule has 0 aliphatic carbocycles. The Morgan fingerprint density at radius 3 is 2.52 bits per heavy atom. The lowest BCUT2D eigenvalue weighted by atomic mass is 9.90. The number of hydrogen-bond donors (Lipinski definition) is 2. The van der Waals surface area contributed by atoms with Crippen LogP contribution < -0.4 is 5.32 Å². The van der Waals surface area contributed by atoms with E-state index in [2.05, 4.69) is 5.32 Å². The molecule has 0 spiro atoms. The van der Waals surface area contributed by atoms with Gasteiger partial charge >= 0.3 is 12.0 Å². The van der Waals surface area contributed by atoms with E-state index in [-0.39, 0.29) is 12.2 Å². The molecule has 0 bridgehead atoms. The molecule has 2 rings (SSSR count). The van der Waals surface area contributed by atoms with Crippen LogP contribution in [0.15, 0.2) is 12.1 Å². The fourth-order valence-corrected chi connectivity index (χ4v) is 2.64. The minimum Gasteiger partial charge on any atom is -0.481 e. The van der Waals surface area contributed by atoms with Gasteiger partial charge in [0, 0.05) is 30.4 Å². The maximum Gasteiger partial charge on any atom is 0.321 e. The van der Waals surface area contributed by atoms with E-state index in [1.54, 1.807) is 26.8 Å². The van der Waals surface area contributed by atoms with Crippen molar-refractivity contribution in [3.05, 3.63) is 33.4 Å². The number of urea groups is 1. The molecule has 0 radical (unpaired) electrons. The predicted octanol–water partition coefficient (Wildman–Crippen LogP) is 2.54. The second-order valence-electron chi connectivity index (χ2n) is 6.18. The van der Waals surface area contributed by atoms with E-state index in [1.165, 1.54) is 11.0 Å². The predicted molar refractivity (Wildman–Crippen MR) is 83.5 cm³/mol. The fraction of sp³-hybridized carbons (Fsp3) is 0.467. The van der Waals surface area contributed by atoms with Crippen LogP contribution in [0.2, 0.25) is 0 Å². The number of nitrogens with zero attached hydrogens (tertiary/aromatic N) is 2.